The molecule has 0 aliphatic heterocycles. The zero-order chi connectivity index (χ0) is 18.1. The van der Waals surface area contributed by atoms with Crippen LogP contribution in [0.2, 0.25) is 0 Å². The molecule has 5 nitrogen and oxygen atoms in total. The minimum atomic E-state index is -0.337. The normalized spacial score (nSPS) is 13.6. The lowest BCUT2D eigenvalue weighted by Gasteiger charge is -2.33. The van der Waals surface area contributed by atoms with Gasteiger partial charge >= 0.3 is 5.97 Å². The fraction of sp³-hybridized carbons (Fsp3) is 0.632. The molecule has 1 rings (SSSR count). The van der Waals surface area contributed by atoms with Crippen molar-refractivity contribution in [2.24, 2.45) is 5.92 Å². The summed E-state index contributed by atoms with van der Waals surface area (Å²) in [6.07, 6.45) is 1.05. The third-order valence-corrected chi connectivity index (χ3v) is 4.52. The van der Waals surface area contributed by atoms with Crippen LogP contribution in [-0.4, -0.2) is 43.2 Å². The van der Waals surface area contributed by atoms with Crippen LogP contribution in [0.5, 0.6) is 5.75 Å². The molecule has 0 saturated carbocycles. The second-order valence-corrected chi connectivity index (χ2v) is 5.96. The number of esters is 1. The Balaban J connectivity index is 2.80. The van der Waals surface area contributed by atoms with Gasteiger partial charge in [0.1, 0.15) is 12.4 Å². The van der Waals surface area contributed by atoms with E-state index in [1.807, 2.05) is 6.92 Å². The highest BCUT2D eigenvalue weighted by Crippen LogP contribution is 2.23. The van der Waals surface area contributed by atoms with Gasteiger partial charge in [0.2, 0.25) is 0 Å². The van der Waals surface area contributed by atoms with Gasteiger partial charge in [-0.25, -0.2) is 4.79 Å². The van der Waals surface area contributed by atoms with E-state index >= 15 is 0 Å². The number of carbonyl (C=O) groups excluding carboxylic acids is 1. The number of likely N-dealkylation sites (N-methyl/N-ethyl adjacent to an activating group) is 1. The molecule has 0 amide bonds. The van der Waals surface area contributed by atoms with E-state index in [1.54, 1.807) is 18.2 Å². The van der Waals surface area contributed by atoms with E-state index in [2.05, 4.69) is 32.6 Å². The van der Waals surface area contributed by atoms with E-state index in [1.165, 1.54) is 0 Å². The van der Waals surface area contributed by atoms with Gasteiger partial charge in [0.05, 0.1) is 17.9 Å². The molecule has 0 spiro atoms. The molecular weight excluding hydrogens is 304 g/mol. The van der Waals surface area contributed by atoms with Crippen LogP contribution in [0, 0.1) is 5.92 Å². The molecule has 2 N–H and O–H groups in total. The fourth-order valence-corrected chi connectivity index (χ4v) is 2.78. The van der Waals surface area contributed by atoms with Gasteiger partial charge in [0.15, 0.2) is 0 Å². The number of nitrogens with zero attached hydrogens (tertiary/aromatic N) is 1. The third-order valence-electron chi connectivity index (χ3n) is 4.52. The summed E-state index contributed by atoms with van der Waals surface area (Å²) in [6.45, 7) is 13.3. The van der Waals surface area contributed by atoms with E-state index in [0.29, 0.717) is 36.1 Å². The molecule has 1 unspecified atom stereocenters. The average Bonchev–Trinajstić information content (AvgIpc) is 2.59. The maximum Gasteiger partial charge on any atom is 0.338 e. The number of nitrogen functional groups attached to an aromatic ring is 1. The topological polar surface area (TPSA) is 64.8 Å². The highest BCUT2D eigenvalue weighted by Gasteiger charge is 2.23. The number of benzene rings is 1. The van der Waals surface area contributed by atoms with Crippen LogP contribution in [0.3, 0.4) is 0 Å². The smallest absolute Gasteiger partial charge is 0.338 e. The number of anilines is 1. The standard InChI is InChI=1S/C19H32N2O3/c1-6-14(5)17(21(7-2)8-3)13-24-19(22)15-10-11-16(20)18(12-15)23-9-4/h10-12,14,17H,6-9,13,20H2,1-5H3/t14?,17-/m1/s1. The molecule has 0 saturated heterocycles. The lowest BCUT2D eigenvalue weighted by Crippen LogP contribution is -2.43. The van der Waals surface area contributed by atoms with Gasteiger partial charge in [-0.05, 0) is 44.1 Å². The summed E-state index contributed by atoms with van der Waals surface area (Å²) in [5, 5.41) is 0. The Bertz CT molecular complexity index is 515. The van der Waals surface area contributed by atoms with Crippen LogP contribution in [-0.2, 0) is 4.74 Å². The van der Waals surface area contributed by atoms with Gasteiger partial charge in [-0.2, -0.15) is 0 Å². The largest absolute Gasteiger partial charge is 0.492 e. The molecule has 0 bridgehead atoms. The van der Waals surface area contributed by atoms with Crippen LogP contribution >= 0.6 is 0 Å². The SMILES string of the molecule is CCOc1cc(C(=O)OC[C@H](C(C)CC)N(CC)CC)ccc1N. The van der Waals surface area contributed by atoms with E-state index in [0.717, 1.165) is 19.5 Å². The van der Waals surface area contributed by atoms with Crippen molar-refractivity contribution in [3.8, 4) is 5.75 Å². The van der Waals surface area contributed by atoms with E-state index in [4.69, 9.17) is 15.2 Å². The summed E-state index contributed by atoms with van der Waals surface area (Å²) in [4.78, 5) is 14.7. The van der Waals surface area contributed by atoms with Crippen LogP contribution in [0.1, 0.15) is 51.4 Å². The molecule has 0 heterocycles. The number of carbonyl (C=O) groups is 1. The van der Waals surface area contributed by atoms with Crippen molar-refractivity contribution in [3.05, 3.63) is 23.8 Å². The van der Waals surface area contributed by atoms with Crippen molar-refractivity contribution in [2.75, 3.05) is 32.0 Å². The van der Waals surface area contributed by atoms with Crippen LogP contribution < -0.4 is 10.5 Å². The summed E-state index contributed by atoms with van der Waals surface area (Å²) < 4.78 is 11.0. The summed E-state index contributed by atoms with van der Waals surface area (Å²) in [7, 11) is 0. The molecule has 0 fully saturated rings. The predicted octanol–water partition coefficient (Wildman–Crippen LogP) is 3.58. The third kappa shape index (κ3) is 5.41. The molecule has 5 heteroatoms. The monoisotopic (exact) mass is 336 g/mol. The van der Waals surface area contributed by atoms with Gasteiger partial charge in [0, 0.05) is 6.04 Å². The zero-order valence-electron chi connectivity index (χ0n) is 15.7. The Morgan fingerprint density at radius 2 is 1.88 bits per heavy atom. The molecule has 1 aromatic carbocycles. The number of nitrogens with two attached hydrogens (primary N) is 1. The first kappa shape index (κ1) is 20.3. The number of hydrogen-bond donors (Lipinski definition) is 1. The zero-order valence-corrected chi connectivity index (χ0v) is 15.7. The molecule has 1 aromatic rings. The lowest BCUT2D eigenvalue weighted by atomic mass is 9.98. The molecule has 0 aromatic heterocycles. The Morgan fingerprint density at radius 3 is 2.42 bits per heavy atom. The molecule has 0 radical (unpaired) electrons. The molecular formula is C19H32N2O3. The maximum absolute atomic E-state index is 12.4. The first-order chi connectivity index (χ1) is 11.5. The maximum atomic E-state index is 12.4. The van der Waals surface area contributed by atoms with Gasteiger partial charge in [-0.15, -0.1) is 0 Å². The van der Waals surface area contributed by atoms with Crippen molar-refractivity contribution in [1.82, 2.24) is 4.90 Å². The average molecular weight is 336 g/mol. The fourth-order valence-electron chi connectivity index (χ4n) is 2.78. The van der Waals surface area contributed by atoms with Crippen molar-refractivity contribution >= 4 is 11.7 Å². The van der Waals surface area contributed by atoms with Crippen LogP contribution in [0.15, 0.2) is 18.2 Å². The first-order valence-corrected chi connectivity index (χ1v) is 8.91. The quantitative estimate of drug-likeness (QED) is 0.522. The molecule has 136 valence electrons. The summed E-state index contributed by atoms with van der Waals surface area (Å²) in [6, 6.07) is 5.24. The summed E-state index contributed by atoms with van der Waals surface area (Å²) in [5.41, 5.74) is 6.84. The predicted molar refractivity (Wildman–Crippen MR) is 98.5 cm³/mol. The second-order valence-electron chi connectivity index (χ2n) is 5.96. The first-order valence-electron chi connectivity index (χ1n) is 8.91. The van der Waals surface area contributed by atoms with Gasteiger partial charge in [0.25, 0.3) is 0 Å². The number of hydrogen-bond acceptors (Lipinski definition) is 5. The van der Waals surface area contributed by atoms with Crippen molar-refractivity contribution < 1.29 is 14.3 Å². The van der Waals surface area contributed by atoms with Gasteiger partial charge in [-0.3, -0.25) is 4.90 Å². The van der Waals surface area contributed by atoms with Crippen LogP contribution in [0.4, 0.5) is 5.69 Å². The number of rotatable bonds is 10. The highest BCUT2D eigenvalue weighted by molar-refractivity contribution is 5.90. The van der Waals surface area contributed by atoms with Crippen LogP contribution in [0.25, 0.3) is 0 Å². The van der Waals surface area contributed by atoms with E-state index in [-0.39, 0.29) is 12.0 Å². The Kier molecular flexibility index (Phi) is 8.61. The highest BCUT2D eigenvalue weighted by atomic mass is 16.5. The molecule has 0 aliphatic rings. The summed E-state index contributed by atoms with van der Waals surface area (Å²) >= 11 is 0. The van der Waals surface area contributed by atoms with Crippen molar-refractivity contribution in [2.45, 2.75) is 47.1 Å². The Labute approximate surface area is 146 Å². The van der Waals surface area contributed by atoms with E-state index < -0.39 is 0 Å². The molecule has 0 aliphatic carbocycles. The Morgan fingerprint density at radius 1 is 1.21 bits per heavy atom. The van der Waals surface area contributed by atoms with E-state index in [9.17, 15) is 4.79 Å². The Hall–Kier alpha value is -1.75. The van der Waals surface area contributed by atoms with Gasteiger partial charge in [-0.1, -0.05) is 34.1 Å². The lowest BCUT2D eigenvalue weighted by molar-refractivity contribution is 0.0272. The molecule has 24 heavy (non-hydrogen) atoms. The molecule has 2 atom stereocenters. The van der Waals surface area contributed by atoms with Crippen molar-refractivity contribution in [1.29, 1.82) is 0 Å². The summed E-state index contributed by atoms with van der Waals surface area (Å²) in [5.74, 6) is 0.647. The minimum Gasteiger partial charge on any atom is -0.492 e. The second kappa shape index (κ2) is 10.2. The number of ether oxygens (including phenoxy) is 2. The minimum absolute atomic E-state index is 0.231. The van der Waals surface area contributed by atoms with Gasteiger partial charge < -0.3 is 15.2 Å². The van der Waals surface area contributed by atoms with Crippen molar-refractivity contribution in [3.63, 3.8) is 0 Å².